The van der Waals surface area contributed by atoms with Crippen LogP contribution in [0.1, 0.15) is 31.9 Å². The van der Waals surface area contributed by atoms with E-state index in [2.05, 4.69) is 64.8 Å². The fourth-order valence-electron chi connectivity index (χ4n) is 1.05. The van der Waals surface area contributed by atoms with Gasteiger partial charge in [0.25, 0.3) is 0 Å². The molecule has 70 valence electrons. The number of rotatable bonds is 0. The third-order valence-electron chi connectivity index (χ3n) is 1.92. The van der Waals surface area contributed by atoms with E-state index >= 15 is 0 Å². The number of hydrogen-bond acceptors (Lipinski definition) is 0. The fraction of sp³-hybridized carbons (Fsp3) is 0.385. The van der Waals surface area contributed by atoms with E-state index in [9.17, 15) is 0 Å². The molecule has 0 saturated heterocycles. The summed E-state index contributed by atoms with van der Waals surface area (Å²) in [5, 5.41) is 0. The second-order valence-electron chi connectivity index (χ2n) is 4.12. The van der Waals surface area contributed by atoms with Crippen LogP contribution < -0.4 is 0 Å². The molecular formula is C13H18. The molecule has 13 heavy (non-hydrogen) atoms. The predicted octanol–water partition coefficient (Wildman–Crippen LogP) is 3.54. The molecule has 0 heterocycles. The van der Waals surface area contributed by atoms with Crippen LogP contribution in [-0.4, -0.2) is 0 Å². The Morgan fingerprint density at radius 1 is 0.923 bits per heavy atom. The first-order valence-electron chi connectivity index (χ1n) is 4.40. The van der Waals surface area contributed by atoms with Crippen molar-refractivity contribution in [3.8, 4) is 12.8 Å². The molecule has 1 aromatic rings. The van der Waals surface area contributed by atoms with Gasteiger partial charge in [-0.25, -0.2) is 0 Å². The molecule has 0 aromatic heterocycles. The molecule has 0 nitrogen and oxygen atoms in total. The lowest BCUT2D eigenvalue weighted by Crippen LogP contribution is -2.10. The van der Waals surface area contributed by atoms with E-state index in [1.807, 2.05) is 0 Å². The van der Waals surface area contributed by atoms with Gasteiger partial charge >= 0.3 is 0 Å². The van der Waals surface area contributed by atoms with Gasteiger partial charge in [-0.05, 0) is 17.9 Å². The highest BCUT2D eigenvalue weighted by Crippen LogP contribution is 2.21. The minimum Gasteiger partial charge on any atom is -0.124 e. The highest BCUT2D eigenvalue weighted by atomic mass is 14.2. The Kier molecular flexibility index (Phi) is 4.28. The molecule has 0 aliphatic carbocycles. The minimum atomic E-state index is 0.285. The molecule has 0 aliphatic heterocycles. The van der Waals surface area contributed by atoms with Gasteiger partial charge in [0.1, 0.15) is 0 Å². The molecule has 0 aliphatic rings. The Hall–Kier alpha value is -1.22. The van der Waals surface area contributed by atoms with Crippen LogP contribution in [0, 0.1) is 19.8 Å². The van der Waals surface area contributed by atoms with Gasteiger partial charge in [-0.1, -0.05) is 50.6 Å². The van der Waals surface area contributed by atoms with E-state index in [0.29, 0.717) is 0 Å². The molecule has 0 fully saturated rings. The first-order chi connectivity index (χ1) is 6.00. The van der Waals surface area contributed by atoms with E-state index in [0.717, 1.165) is 0 Å². The fourth-order valence-corrected chi connectivity index (χ4v) is 1.05. The maximum Gasteiger partial charge on any atom is -0.0132 e. The van der Waals surface area contributed by atoms with E-state index in [-0.39, 0.29) is 5.41 Å². The molecule has 0 bridgehead atoms. The van der Waals surface area contributed by atoms with Gasteiger partial charge in [-0.15, -0.1) is 12.8 Å². The van der Waals surface area contributed by atoms with Crippen molar-refractivity contribution in [1.29, 1.82) is 0 Å². The van der Waals surface area contributed by atoms with Crippen LogP contribution in [-0.2, 0) is 5.41 Å². The monoisotopic (exact) mass is 174 g/mol. The zero-order valence-corrected chi connectivity index (χ0v) is 8.96. The minimum absolute atomic E-state index is 0.285. The van der Waals surface area contributed by atoms with Crippen molar-refractivity contribution in [1.82, 2.24) is 0 Å². The molecule has 0 radical (unpaired) electrons. The molecule has 0 saturated carbocycles. The molecular weight excluding hydrogens is 156 g/mol. The number of hydrogen-bond donors (Lipinski definition) is 0. The summed E-state index contributed by atoms with van der Waals surface area (Å²) in [5.74, 6) is 0. The summed E-state index contributed by atoms with van der Waals surface area (Å²) in [7, 11) is 0. The summed E-state index contributed by atoms with van der Waals surface area (Å²) in [5.41, 5.74) is 3.02. The van der Waals surface area contributed by atoms with Crippen molar-refractivity contribution in [2.75, 3.05) is 0 Å². The summed E-state index contributed by atoms with van der Waals surface area (Å²) in [6, 6.07) is 8.74. The second-order valence-corrected chi connectivity index (χ2v) is 4.12. The van der Waals surface area contributed by atoms with Gasteiger partial charge in [0, 0.05) is 0 Å². The van der Waals surface area contributed by atoms with Crippen LogP contribution in [0.25, 0.3) is 0 Å². The average Bonchev–Trinajstić information content (AvgIpc) is 2.07. The van der Waals surface area contributed by atoms with Gasteiger partial charge in [-0.3, -0.25) is 0 Å². The zero-order chi connectivity index (χ0) is 10.5. The highest BCUT2D eigenvalue weighted by Gasteiger charge is 2.11. The molecule has 0 heteroatoms. The highest BCUT2D eigenvalue weighted by molar-refractivity contribution is 5.26. The third kappa shape index (κ3) is 3.80. The maximum absolute atomic E-state index is 4.00. The lowest BCUT2D eigenvalue weighted by atomic mass is 9.87. The van der Waals surface area contributed by atoms with Gasteiger partial charge in [0.2, 0.25) is 0 Å². The quantitative estimate of drug-likeness (QED) is 0.528. The lowest BCUT2D eigenvalue weighted by molar-refractivity contribution is 0.590. The van der Waals surface area contributed by atoms with Crippen molar-refractivity contribution < 1.29 is 0 Å². The van der Waals surface area contributed by atoms with E-state index in [1.54, 1.807) is 0 Å². The van der Waals surface area contributed by atoms with Crippen molar-refractivity contribution >= 4 is 0 Å². The Morgan fingerprint density at radius 3 is 1.62 bits per heavy atom. The molecule has 1 rings (SSSR count). The van der Waals surface area contributed by atoms with Crippen LogP contribution in [0.4, 0.5) is 0 Å². The Morgan fingerprint density at radius 2 is 1.31 bits per heavy atom. The van der Waals surface area contributed by atoms with Crippen molar-refractivity contribution in [2.45, 2.75) is 33.1 Å². The predicted molar refractivity (Wildman–Crippen MR) is 59.8 cm³/mol. The van der Waals surface area contributed by atoms with Gasteiger partial charge in [0.15, 0.2) is 0 Å². The molecule has 1 aromatic carbocycles. The lowest BCUT2D eigenvalue weighted by Gasteiger charge is -2.18. The number of benzene rings is 1. The van der Waals surface area contributed by atoms with Crippen LogP contribution in [0.5, 0.6) is 0 Å². The van der Waals surface area contributed by atoms with Crippen molar-refractivity contribution in [3.63, 3.8) is 0 Å². The summed E-state index contributed by atoms with van der Waals surface area (Å²) in [6.45, 7) is 8.82. The van der Waals surface area contributed by atoms with Crippen molar-refractivity contribution in [2.24, 2.45) is 0 Å². The van der Waals surface area contributed by atoms with Gasteiger partial charge in [-0.2, -0.15) is 0 Å². The summed E-state index contributed by atoms with van der Waals surface area (Å²) < 4.78 is 0. The van der Waals surface area contributed by atoms with Gasteiger partial charge in [0.05, 0.1) is 0 Å². The topological polar surface area (TPSA) is 0 Å². The normalized spacial score (nSPS) is 10.0. The summed E-state index contributed by atoms with van der Waals surface area (Å²) in [6.07, 6.45) is 8.00. The van der Waals surface area contributed by atoms with Gasteiger partial charge < -0.3 is 0 Å². The summed E-state index contributed by atoms with van der Waals surface area (Å²) >= 11 is 0. The maximum atomic E-state index is 4.00. The smallest absolute Gasteiger partial charge is 0.0132 e. The van der Waals surface area contributed by atoms with Crippen LogP contribution in [0.15, 0.2) is 24.3 Å². The van der Waals surface area contributed by atoms with E-state index in [1.165, 1.54) is 11.1 Å². The van der Waals surface area contributed by atoms with E-state index in [4.69, 9.17) is 0 Å². The first kappa shape index (κ1) is 11.8. The standard InChI is InChI=1S/C11H16.C2H2/c1-9-5-7-10(8-6-9)11(2,3)4;1-2/h5-8H,1-4H3;1-2H. The van der Waals surface area contributed by atoms with E-state index < -0.39 is 0 Å². The van der Waals surface area contributed by atoms with Crippen molar-refractivity contribution in [3.05, 3.63) is 35.4 Å². The number of aryl methyl sites for hydroxylation is 1. The van der Waals surface area contributed by atoms with Crippen LogP contribution in [0.2, 0.25) is 0 Å². The molecule has 0 spiro atoms. The Labute approximate surface area is 82.0 Å². The van der Waals surface area contributed by atoms with Crippen LogP contribution in [0.3, 0.4) is 0 Å². The zero-order valence-electron chi connectivity index (χ0n) is 8.96. The Bertz CT molecular complexity index is 256. The second kappa shape index (κ2) is 4.72. The third-order valence-corrected chi connectivity index (χ3v) is 1.92. The number of terminal acetylenes is 1. The molecule has 0 N–H and O–H groups in total. The largest absolute Gasteiger partial charge is 0.124 e. The molecule has 0 atom stereocenters. The average molecular weight is 174 g/mol. The summed E-state index contributed by atoms with van der Waals surface area (Å²) in [4.78, 5) is 0. The SMILES string of the molecule is C#C.Cc1ccc(C(C)(C)C)cc1. The molecule has 0 unspecified atom stereocenters. The first-order valence-corrected chi connectivity index (χ1v) is 4.40. The van der Waals surface area contributed by atoms with Crippen LogP contribution >= 0.6 is 0 Å². The Balaban J connectivity index is 0.000000671. The molecule has 0 amide bonds.